The summed E-state index contributed by atoms with van der Waals surface area (Å²) in [5, 5.41) is 0. The Labute approximate surface area is 62.4 Å². The summed E-state index contributed by atoms with van der Waals surface area (Å²) in [4.78, 5) is 2.76. The van der Waals surface area contributed by atoms with Crippen molar-refractivity contribution in [3.63, 3.8) is 0 Å². The quantitative estimate of drug-likeness (QED) is 0.490. The van der Waals surface area contributed by atoms with Crippen LogP contribution in [0.2, 0.25) is 0 Å². The molecule has 2 aliphatic heterocycles. The van der Waals surface area contributed by atoms with E-state index in [1.165, 1.54) is 32.2 Å². The fourth-order valence-corrected chi connectivity index (χ4v) is 3.41. The summed E-state index contributed by atoms with van der Waals surface area (Å²) in [6.07, 6.45) is 7.58. The Morgan fingerprint density at radius 1 is 0.900 bits per heavy atom. The smallest absolute Gasteiger partial charge is 0.0142 e. The van der Waals surface area contributed by atoms with E-state index in [1.807, 2.05) is 0 Å². The van der Waals surface area contributed by atoms with Crippen LogP contribution >= 0.6 is 0 Å². The largest absolute Gasteiger partial charge is 0.297 e. The van der Waals surface area contributed by atoms with Gasteiger partial charge in [-0.2, -0.15) is 0 Å². The molecular formula is C9H15N. The first kappa shape index (κ1) is 5.59. The summed E-state index contributed by atoms with van der Waals surface area (Å²) in [5.41, 5.74) is 0. The molecule has 56 valence electrons. The molecule has 3 aliphatic rings. The number of fused-ring (bicyclic) bond motifs is 4. The van der Waals surface area contributed by atoms with Crippen molar-refractivity contribution in [2.24, 2.45) is 5.92 Å². The standard InChI is InChI=1S/C9H15N/c1-3-7-8(4-1)10-6-2-5-9(7)10/h7-9H,1-6H2. The predicted octanol–water partition coefficient (Wildman–Crippen LogP) is 1.63. The molecule has 1 aliphatic carbocycles. The molecule has 1 saturated carbocycles. The maximum atomic E-state index is 2.76. The van der Waals surface area contributed by atoms with Crippen LogP contribution in [-0.4, -0.2) is 23.5 Å². The molecule has 3 rings (SSSR count). The van der Waals surface area contributed by atoms with Gasteiger partial charge in [-0.15, -0.1) is 0 Å². The second-order valence-electron chi connectivity index (χ2n) is 4.11. The number of hydrogen-bond donors (Lipinski definition) is 0. The molecule has 3 fully saturated rings. The van der Waals surface area contributed by atoms with Gasteiger partial charge < -0.3 is 0 Å². The summed E-state index contributed by atoms with van der Waals surface area (Å²) in [6.45, 7) is 1.42. The molecule has 0 bridgehead atoms. The predicted molar refractivity (Wildman–Crippen MR) is 40.9 cm³/mol. The Hall–Kier alpha value is -0.0400. The maximum Gasteiger partial charge on any atom is 0.0142 e. The van der Waals surface area contributed by atoms with E-state index in [9.17, 15) is 0 Å². The van der Waals surface area contributed by atoms with Gasteiger partial charge in [0.05, 0.1) is 0 Å². The third kappa shape index (κ3) is 0.493. The topological polar surface area (TPSA) is 3.24 Å². The van der Waals surface area contributed by atoms with Gasteiger partial charge in [0.15, 0.2) is 0 Å². The lowest BCUT2D eigenvalue weighted by molar-refractivity contribution is -0.00221. The lowest BCUT2D eigenvalue weighted by Crippen LogP contribution is -2.57. The van der Waals surface area contributed by atoms with E-state index < -0.39 is 0 Å². The Morgan fingerprint density at radius 3 is 2.60 bits per heavy atom. The molecule has 3 unspecified atom stereocenters. The van der Waals surface area contributed by atoms with Crippen molar-refractivity contribution < 1.29 is 0 Å². The normalized spacial score (nSPS) is 52.2. The number of hydrogen-bond acceptors (Lipinski definition) is 1. The number of nitrogens with zero attached hydrogens (tertiary/aromatic N) is 1. The van der Waals surface area contributed by atoms with E-state index in [4.69, 9.17) is 0 Å². The van der Waals surface area contributed by atoms with Crippen LogP contribution in [0.25, 0.3) is 0 Å². The molecule has 0 N–H and O–H groups in total. The Bertz CT molecular complexity index is 113. The van der Waals surface area contributed by atoms with Gasteiger partial charge in [-0.05, 0) is 38.1 Å². The van der Waals surface area contributed by atoms with Gasteiger partial charge in [-0.3, -0.25) is 4.90 Å². The SMILES string of the molecule is C1CC2C(C1)N1CCCC21. The van der Waals surface area contributed by atoms with Crippen molar-refractivity contribution in [1.29, 1.82) is 0 Å². The third-order valence-electron chi connectivity index (χ3n) is 3.79. The average molecular weight is 137 g/mol. The van der Waals surface area contributed by atoms with Gasteiger partial charge in [0, 0.05) is 12.1 Å². The zero-order valence-electron chi connectivity index (χ0n) is 6.42. The van der Waals surface area contributed by atoms with E-state index in [-0.39, 0.29) is 0 Å². The minimum atomic E-state index is 1.05. The van der Waals surface area contributed by atoms with Crippen LogP contribution in [-0.2, 0) is 0 Å². The molecule has 1 nitrogen and oxygen atoms in total. The summed E-state index contributed by atoms with van der Waals surface area (Å²) >= 11 is 0. The van der Waals surface area contributed by atoms with Crippen LogP contribution in [0.5, 0.6) is 0 Å². The van der Waals surface area contributed by atoms with E-state index in [0.717, 1.165) is 18.0 Å². The van der Waals surface area contributed by atoms with Gasteiger partial charge >= 0.3 is 0 Å². The molecule has 0 aromatic heterocycles. The summed E-state index contributed by atoms with van der Waals surface area (Å²) in [6, 6.07) is 2.10. The molecule has 0 radical (unpaired) electrons. The molecule has 0 amide bonds. The highest BCUT2D eigenvalue weighted by Crippen LogP contribution is 2.48. The molecule has 10 heavy (non-hydrogen) atoms. The third-order valence-corrected chi connectivity index (χ3v) is 3.79. The molecule has 0 aromatic carbocycles. The Morgan fingerprint density at radius 2 is 1.70 bits per heavy atom. The average Bonchev–Trinajstić information content (AvgIpc) is 2.42. The minimum absolute atomic E-state index is 1.05. The monoisotopic (exact) mass is 137 g/mol. The highest BCUT2D eigenvalue weighted by atomic mass is 15.3. The van der Waals surface area contributed by atoms with Crippen LogP contribution < -0.4 is 0 Å². The van der Waals surface area contributed by atoms with Crippen molar-refractivity contribution in [3.05, 3.63) is 0 Å². The van der Waals surface area contributed by atoms with Crippen LogP contribution in [0.4, 0.5) is 0 Å². The fourth-order valence-electron chi connectivity index (χ4n) is 3.41. The zero-order chi connectivity index (χ0) is 6.55. The summed E-state index contributed by atoms with van der Waals surface area (Å²) in [7, 11) is 0. The minimum Gasteiger partial charge on any atom is -0.297 e. The Kier molecular flexibility index (Phi) is 0.984. The second kappa shape index (κ2) is 1.76. The van der Waals surface area contributed by atoms with Crippen LogP contribution in [0, 0.1) is 5.92 Å². The highest BCUT2D eigenvalue weighted by molar-refractivity contribution is 5.06. The highest BCUT2D eigenvalue weighted by Gasteiger charge is 2.51. The van der Waals surface area contributed by atoms with Gasteiger partial charge in [0.2, 0.25) is 0 Å². The summed E-state index contributed by atoms with van der Waals surface area (Å²) in [5.74, 6) is 1.14. The molecule has 2 heterocycles. The molecule has 0 spiro atoms. The number of rotatable bonds is 0. The van der Waals surface area contributed by atoms with E-state index >= 15 is 0 Å². The second-order valence-corrected chi connectivity index (χ2v) is 4.11. The van der Waals surface area contributed by atoms with Crippen molar-refractivity contribution in [2.75, 3.05) is 6.54 Å². The van der Waals surface area contributed by atoms with Crippen molar-refractivity contribution in [3.8, 4) is 0 Å². The lowest BCUT2D eigenvalue weighted by Gasteiger charge is -2.48. The molecule has 2 saturated heterocycles. The fraction of sp³-hybridized carbons (Fsp3) is 1.00. The van der Waals surface area contributed by atoms with Crippen molar-refractivity contribution >= 4 is 0 Å². The van der Waals surface area contributed by atoms with Gasteiger partial charge in [-0.1, -0.05) is 6.42 Å². The van der Waals surface area contributed by atoms with Crippen LogP contribution in [0.3, 0.4) is 0 Å². The first-order valence-electron chi connectivity index (χ1n) is 4.72. The van der Waals surface area contributed by atoms with Crippen molar-refractivity contribution in [2.45, 2.75) is 44.2 Å². The molecule has 3 atom stereocenters. The zero-order valence-corrected chi connectivity index (χ0v) is 6.42. The van der Waals surface area contributed by atoms with Crippen LogP contribution in [0.15, 0.2) is 0 Å². The first-order valence-corrected chi connectivity index (χ1v) is 4.72. The molecular weight excluding hydrogens is 122 g/mol. The van der Waals surface area contributed by atoms with Gasteiger partial charge in [0.1, 0.15) is 0 Å². The van der Waals surface area contributed by atoms with Crippen molar-refractivity contribution in [1.82, 2.24) is 4.90 Å². The lowest BCUT2D eigenvalue weighted by atomic mass is 9.83. The maximum absolute atomic E-state index is 2.76. The van der Waals surface area contributed by atoms with E-state index in [2.05, 4.69) is 4.90 Å². The summed E-state index contributed by atoms with van der Waals surface area (Å²) < 4.78 is 0. The van der Waals surface area contributed by atoms with E-state index in [1.54, 1.807) is 6.42 Å². The first-order chi connectivity index (χ1) is 4.97. The van der Waals surface area contributed by atoms with Gasteiger partial charge in [-0.25, -0.2) is 0 Å². The molecule has 1 heteroatoms. The van der Waals surface area contributed by atoms with Crippen LogP contribution in [0.1, 0.15) is 32.1 Å². The molecule has 0 aromatic rings. The van der Waals surface area contributed by atoms with E-state index in [0.29, 0.717) is 0 Å². The Balaban J connectivity index is 1.84. The van der Waals surface area contributed by atoms with Gasteiger partial charge in [0.25, 0.3) is 0 Å².